The summed E-state index contributed by atoms with van der Waals surface area (Å²) in [5, 5.41) is 5.94. The van der Waals surface area contributed by atoms with Crippen LogP contribution < -0.4 is 15.4 Å². The van der Waals surface area contributed by atoms with Crippen LogP contribution >= 0.6 is 0 Å². The third-order valence-electron chi connectivity index (χ3n) is 3.86. The average molecular weight is 325 g/mol. The van der Waals surface area contributed by atoms with E-state index in [1.165, 1.54) is 12.1 Å². The largest absolute Gasteiger partial charge is 0.326 e. The van der Waals surface area contributed by atoms with E-state index in [1.807, 2.05) is 6.92 Å². The number of hydrogen-bond acceptors (Lipinski definition) is 4. The quantitative estimate of drug-likeness (QED) is 0.762. The molecule has 0 bridgehead atoms. The highest BCUT2D eigenvalue weighted by atomic mass is 32.2. The van der Waals surface area contributed by atoms with E-state index in [1.54, 1.807) is 19.1 Å². The minimum absolute atomic E-state index is 0.0503. The molecule has 2 rings (SSSR count). The molecule has 1 heterocycles. The van der Waals surface area contributed by atoms with Crippen LogP contribution in [0.25, 0.3) is 0 Å². The molecular weight excluding hydrogens is 302 g/mol. The molecule has 22 heavy (non-hydrogen) atoms. The molecule has 1 aromatic rings. The Morgan fingerprint density at radius 2 is 2.00 bits per heavy atom. The summed E-state index contributed by atoms with van der Waals surface area (Å²) in [6.07, 6.45) is 1.17. The highest BCUT2D eigenvalue weighted by Gasteiger charge is 2.26. The lowest BCUT2D eigenvalue weighted by Gasteiger charge is -2.29. The first kappa shape index (κ1) is 16.9. The van der Waals surface area contributed by atoms with E-state index in [0.717, 1.165) is 19.5 Å². The maximum atomic E-state index is 12.4. The number of anilines is 1. The normalized spacial score (nSPS) is 22.3. The number of amides is 1. The zero-order valence-corrected chi connectivity index (χ0v) is 13.7. The predicted molar refractivity (Wildman–Crippen MR) is 86.1 cm³/mol. The van der Waals surface area contributed by atoms with Gasteiger partial charge in [0, 0.05) is 18.2 Å². The lowest BCUT2D eigenvalue weighted by Crippen LogP contribution is -2.48. The van der Waals surface area contributed by atoms with Crippen molar-refractivity contribution in [3.8, 4) is 0 Å². The summed E-state index contributed by atoms with van der Waals surface area (Å²) in [4.78, 5) is 11.5. The molecule has 1 aliphatic rings. The monoisotopic (exact) mass is 325 g/mol. The van der Waals surface area contributed by atoms with Gasteiger partial charge in [-0.2, -0.15) is 0 Å². The minimum Gasteiger partial charge on any atom is -0.326 e. The van der Waals surface area contributed by atoms with E-state index in [4.69, 9.17) is 0 Å². The highest BCUT2D eigenvalue weighted by Crippen LogP contribution is 2.17. The number of nitrogens with one attached hydrogen (secondary N) is 3. The van der Waals surface area contributed by atoms with Crippen LogP contribution in [0.4, 0.5) is 5.69 Å². The standard InChI is InChI=1S/C15H23N3O3S/c1-3-15(19)17-12-4-6-13(7-5-12)22(20,21)18-14-8-9-16-10-11(14)2/h4-7,11,14,16,18H,3,8-10H2,1-2H3,(H,17,19). The van der Waals surface area contributed by atoms with E-state index < -0.39 is 10.0 Å². The van der Waals surface area contributed by atoms with Gasteiger partial charge in [0.25, 0.3) is 0 Å². The second kappa shape index (κ2) is 7.21. The molecule has 122 valence electrons. The van der Waals surface area contributed by atoms with E-state index in [-0.39, 0.29) is 22.8 Å². The van der Waals surface area contributed by atoms with Crippen molar-refractivity contribution in [2.75, 3.05) is 18.4 Å². The van der Waals surface area contributed by atoms with Crippen molar-refractivity contribution in [3.63, 3.8) is 0 Å². The van der Waals surface area contributed by atoms with Crippen molar-refractivity contribution in [3.05, 3.63) is 24.3 Å². The first-order chi connectivity index (χ1) is 10.4. The highest BCUT2D eigenvalue weighted by molar-refractivity contribution is 7.89. The number of hydrogen-bond donors (Lipinski definition) is 3. The van der Waals surface area contributed by atoms with Gasteiger partial charge in [0.05, 0.1) is 4.90 Å². The molecule has 3 N–H and O–H groups in total. The third-order valence-corrected chi connectivity index (χ3v) is 5.37. The Bertz CT molecular complexity index is 613. The molecule has 1 saturated heterocycles. The van der Waals surface area contributed by atoms with Crippen LogP contribution in [0.5, 0.6) is 0 Å². The van der Waals surface area contributed by atoms with Crippen molar-refractivity contribution < 1.29 is 13.2 Å². The number of benzene rings is 1. The Hall–Kier alpha value is -1.44. The second-order valence-electron chi connectivity index (χ2n) is 5.62. The maximum absolute atomic E-state index is 12.4. The van der Waals surface area contributed by atoms with Gasteiger partial charge >= 0.3 is 0 Å². The van der Waals surface area contributed by atoms with Gasteiger partial charge in [0.15, 0.2) is 0 Å². The summed E-state index contributed by atoms with van der Waals surface area (Å²) in [5.74, 6) is 0.156. The first-order valence-corrected chi connectivity index (χ1v) is 9.03. The number of rotatable bonds is 5. The molecule has 2 atom stereocenters. The van der Waals surface area contributed by atoms with Gasteiger partial charge in [0.1, 0.15) is 0 Å². The van der Waals surface area contributed by atoms with Gasteiger partial charge in [-0.1, -0.05) is 13.8 Å². The molecule has 1 fully saturated rings. The molecule has 0 radical (unpaired) electrons. The molecule has 0 aromatic heterocycles. The summed E-state index contributed by atoms with van der Waals surface area (Å²) in [6, 6.07) is 6.19. The van der Waals surface area contributed by atoms with E-state index in [2.05, 4.69) is 15.4 Å². The van der Waals surface area contributed by atoms with Crippen LogP contribution in [0.1, 0.15) is 26.7 Å². The van der Waals surface area contributed by atoms with Gasteiger partial charge in [-0.25, -0.2) is 13.1 Å². The maximum Gasteiger partial charge on any atom is 0.240 e. The zero-order chi connectivity index (χ0) is 16.2. The first-order valence-electron chi connectivity index (χ1n) is 7.55. The minimum atomic E-state index is -3.53. The number of sulfonamides is 1. The third kappa shape index (κ3) is 4.28. The molecule has 1 amide bonds. The molecule has 2 unspecified atom stereocenters. The van der Waals surface area contributed by atoms with Gasteiger partial charge in [-0.05, 0) is 49.7 Å². The van der Waals surface area contributed by atoms with Crippen LogP contribution in [-0.2, 0) is 14.8 Å². The number of carbonyl (C=O) groups excluding carboxylic acids is 1. The Kier molecular flexibility index (Phi) is 5.55. The van der Waals surface area contributed by atoms with Gasteiger partial charge < -0.3 is 10.6 Å². The van der Waals surface area contributed by atoms with Crippen LogP contribution in [-0.4, -0.2) is 33.5 Å². The molecule has 0 aliphatic carbocycles. The lowest BCUT2D eigenvalue weighted by atomic mass is 9.97. The fourth-order valence-electron chi connectivity index (χ4n) is 2.42. The number of carbonyl (C=O) groups is 1. The molecule has 7 heteroatoms. The van der Waals surface area contributed by atoms with Gasteiger partial charge in [0.2, 0.25) is 15.9 Å². The van der Waals surface area contributed by atoms with E-state index in [0.29, 0.717) is 12.1 Å². The van der Waals surface area contributed by atoms with Crippen LogP contribution in [0.15, 0.2) is 29.2 Å². The zero-order valence-electron chi connectivity index (χ0n) is 12.9. The Labute approximate surface area is 131 Å². The molecule has 0 spiro atoms. The molecule has 1 aliphatic heterocycles. The lowest BCUT2D eigenvalue weighted by molar-refractivity contribution is -0.115. The van der Waals surface area contributed by atoms with E-state index in [9.17, 15) is 13.2 Å². The molecule has 6 nitrogen and oxygen atoms in total. The van der Waals surface area contributed by atoms with Crippen molar-refractivity contribution in [1.29, 1.82) is 0 Å². The summed E-state index contributed by atoms with van der Waals surface area (Å²) in [5.41, 5.74) is 0.598. The van der Waals surface area contributed by atoms with Crippen molar-refractivity contribution >= 4 is 21.6 Å². The smallest absolute Gasteiger partial charge is 0.240 e. The summed E-state index contributed by atoms with van der Waals surface area (Å²) < 4.78 is 27.6. The average Bonchev–Trinajstić information content (AvgIpc) is 2.50. The Morgan fingerprint density at radius 1 is 1.32 bits per heavy atom. The molecule has 0 saturated carbocycles. The summed E-state index contributed by atoms with van der Waals surface area (Å²) >= 11 is 0. The predicted octanol–water partition coefficient (Wildman–Crippen LogP) is 1.31. The van der Waals surface area contributed by atoms with Crippen molar-refractivity contribution in [2.45, 2.75) is 37.6 Å². The Morgan fingerprint density at radius 3 is 2.59 bits per heavy atom. The molecule has 1 aromatic carbocycles. The van der Waals surface area contributed by atoms with Crippen LogP contribution in [0, 0.1) is 5.92 Å². The van der Waals surface area contributed by atoms with E-state index >= 15 is 0 Å². The van der Waals surface area contributed by atoms with Crippen molar-refractivity contribution in [1.82, 2.24) is 10.0 Å². The van der Waals surface area contributed by atoms with Crippen molar-refractivity contribution in [2.24, 2.45) is 5.92 Å². The van der Waals surface area contributed by atoms with Gasteiger partial charge in [-0.15, -0.1) is 0 Å². The topological polar surface area (TPSA) is 87.3 Å². The number of piperidine rings is 1. The summed E-state index contributed by atoms with van der Waals surface area (Å²) in [6.45, 7) is 5.43. The fourth-order valence-corrected chi connectivity index (χ4v) is 3.80. The fraction of sp³-hybridized carbons (Fsp3) is 0.533. The molecular formula is C15H23N3O3S. The summed E-state index contributed by atoms with van der Waals surface area (Å²) in [7, 11) is -3.53. The van der Waals surface area contributed by atoms with Crippen LogP contribution in [0.3, 0.4) is 0 Å². The SMILES string of the molecule is CCC(=O)Nc1ccc(S(=O)(=O)NC2CCNCC2C)cc1. The van der Waals surface area contributed by atoms with Crippen LogP contribution in [0.2, 0.25) is 0 Å². The second-order valence-corrected chi connectivity index (χ2v) is 7.34. The Balaban J connectivity index is 2.07. The van der Waals surface area contributed by atoms with Gasteiger partial charge in [-0.3, -0.25) is 4.79 Å².